The minimum Gasteiger partial charge on any atom is -0.465 e. The summed E-state index contributed by atoms with van der Waals surface area (Å²) in [7, 11) is 1.36. The highest BCUT2D eigenvalue weighted by atomic mass is 16.5. The Morgan fingerprint density at radius 1 is 1.04 bits per heavy atom. The van der Waals surface area contributed by atoms with E-state index in [1.807, 2.05) is 26.8 Å². The fourth-order valence-corrected chi connectivity index (χ4v) is 2.26. The van der Waals surface area contributed by atoms with Crippen LogP contribution in [0.2, 0.25) is 0 Å². The monoisotopic (exact) mass is 309 g/mol. The van der Waals surface area contributed by atoms with Crippen molar-refractivity contribution >= 4 is 17.0 Å². The van der Waals surface area contributed by atoms with E-state index in [1.54, 1.807) is 36.9 Å². The van der Waals surface area contributed by atoms with Gasteiger partial charge in [0.2, 0.25) is 0 Å². The zero-order valence-corrected chi connectivity index (χ0v) is 13.7. The Morgan fingerprint density at radius 3 is 2.48 bits per heavy atom. The average molecular weight is 309 g/mol. The number of aryl methyl sites for hydroxylation is 1. The van der Waals surface area contributed by atoms with Crippen LogP contribution in [-0.4, -0.2) is 28.0 Å². The summed E-state index contributed by atoms with van der Waals surface area (Å²) in [5.74, 6) is -0.398. The summed E-state index contributed by atoms with van der Waals surface area (Å²) in [6.45, 7) is 5.99. The molecule has 5 heteroatoms. The molecule has 5 nitrogen and oxygen atoms in total. The molecule has 0 fully saturated rings. The molecular formula is C18H19N3O2. The standard InChI is InChI=1S/C16H13N3O2.C2H6/c1-10-3-4-17-9-13(10)12-7-11(16(20)21-2)8-14-15(12)19-6-5-18-14;1-2/h3-9H,1-2H3;1-2H3. The molecule has 0 aliphatic heterocycles. The molecule has 0 aliphatic rings. The second-order valence-corrected chi connectivity index (χ2v) is 4.63. The number of hydrogen-bond donors (Lipinski definition) is 0. The van der Waals surface area contributed by atoms with E-state index in [0.29, 0.717) is 11.1 Å². The lowest BCUT2D eigenvalue weighted by molar-refractivity contribution is 0.0601. The summed E-state index contributed by atoms with van der Waals surface area (Å²) >= 11 is 0. The molecule has 0 unspecified atom stereocenters. The number of methoxy groups -OCH3 is 1. The summed E-state index contributed by atoms with van der Waals surface area (Å²) in [5, 5.41) is 0. The number of rotatable bonds is 2. The lowest BCUT2D eigenvalue weighted by atomic mass is 9.99. The molecule has 0 bridgehead atoms. The number of nitrogens with zero attached hydrogens (tertiary/aromatic N) is 3. The topological polar surface area (TPSA) is 65.0 Å². The van der Waals surface area contributed by atoms with Crippen molar-refractivity contribution in [3.8, 4) is 11.1 Å². The van der Waals surface area contributed by atoms with Crippen LogP contribution in [0.15, 0.2) is 43.0 Å². The number of ether oxygens (including phenoxy) is 1. The number of esters is 1. The van der Waals surface area contributed by atoms with Crippen LogP contribution in [0.3, 0.4) is 0 Å². The highest BCUT2D eigenvalue weighted by molar-refractivity contribution is 6.00. The van der Waals surface area contributed by atoms with E-state index in [0.717, 1.165) is 22.2 Å². The molecule has 3 rings (SSSR count). The van der Waals surface area contributed by atoms with Crippen LogP contribution in [0.4, 0.5) is 0 Å². The van der Waals surface area contributed by atoms with Gasteiger partial charge in [-0.2, -0.15) is 0 Å². The van der Waals surface area contributed by atoms with E-state index in [-0.39, 0.29) is 0 Å². The predicted octanol–water partition coefficient (Wildman–Crippen LogP) is 3.81. The lowest BCUT2D eigenvalue weighted by Gasteiger charge is -2.10. The zero-order chi connectivity index (χ0) is 16.8. The van der Waals surface area contributed by atoms with Crippen LogP contribution in [0.25, 0.3) is 22.2 Å². The molecule has 0 saturated carbocycles. The molecule has 0 aliphatic carbocycles. The molecule has 0 radical (unpaired) electrons. The number of carbonyl (C=O) groups is 1. The van der Waals surface area contributed by atoms with Gasteiger partial charge in [0.25, 0.3) is 0 Å². The maximum Gasteiger partial charge on any atom is 0.337 e. The summed E-state index contributed by atoms with van der Waals surface area (Å²) in [6.07, 6.45) is 6.73. The third-order valence-electron chi connectivity index (χ3n) is 3.32. The average Bonchev–Trinajstić information content (AvgIpc) is 2.62. The molecular weight excluding hydrogens is 290 g/mol. The maximum atomic E-state index is 11.8. The lowest BCUT2D eigenvalue weighted by Crippen LogP contribution is -2.03. The second kappa shape index (κ2) is 7.45. The number of hydrogen-bond acceptors (Lipinski definition) is 5. The number of pyridine rings is 1. The van der Waals surface area contributed by atoms with E-state index in [4.69, 9.17) is 4.74 Å². The van der Waals surface area contributed by atoms with E-state index in [1.165, 1.54) is 7.11 Å². The Kier molecular flexibility index (Phi) is 5.36. The van der Waals surface area contributed by atoms with Gasteiger partial charge in [-0.05, 0) is 30.7 Å². The Labute approximate surface area is 135 Å². The van der Waals surface area contributed by atoms with Crippen molar-refractivity contribution < 1.29 is 9.53 Å². The fourth-order valence-electron chi connectivity index (χ4n) is 2.26. The van der Waals surface area contributed by atoms with E-state index < -0.39 is 5.97 Å². The first-order valence-electron chi connectivity index (χ1n) is 7.45. The molecule has 23 heavy (non-hydrogen) atoms. The first-order chi connectivity index (χ1) is 11.2. The van der Waals surface area contributed by atoms with Crippen molar-refractivity contribution in [3.05, 3.63) is 54.1 Å². The molecule has 0 saturated heterocycles. The normalized spacial score (nSPS) is 9.91. The van der Waals surface area contributed by atoms with Crippen LogP contribution in [0.1, 0.15) is 29.8 Å². The Balaban J connectivity index is 0.000000924. The summed E-state index contributed by atoms with van der Waals surface area (Å²) in [4.78, 5) is 24.7. The van der Waals surface area contributed by atoms with Gasteiger partial charge in [-0.1, -0.05) is 13.8 Å². The summed E-state index contributed by atoms with van der Waals surface area (Å²) in [5.41, 5.74) is 4.64. The third-order valence-corrected chi connectivity index (χ3v) is 3.32. The van der Waals surface area contributed by atoms with Crippen molar-refractivity contribution in [1.29, 1.82) is 0 Å². The Bertz CT molecular complexity index is 831. The van der Waals surface area contributed by atoms with E-state index in [9.17, 15) is 4.79 Å². The largest absolute Gasteiger partial charge is 0.465 e. The summed E-state index contributed by atoms with van der Waals surface area (Å²) < 4.78 is 4.80. The van der Waals surface area contributed by atoms with Crippen molar-refractivity contribution in [2.75, 3.05) is 7.11 Å². The van der Waals surface area contributed by atoms with Gasteiger partial charge < -0.3 is 4.74 Å². The van der Waals surface area contributed by atoms with E-state index >= 15 is 0 Å². The minimum atomic E-state index is -0.398. The number of benzene rings is 1. The zero-order valence-electron chi connectivity index (χ0n) is 13.7. The Morgan fingerprint density at radius 2 is 1.78 bits per heavy atom. The van der Waals surface area contributed by atoms with Gasteiger partial charge in [0.15, 0.2) is 0 Å². The van der Waals surface area contributed by atoms with Crippen molar-refractivity contribution in [1.82, 2.24) is 15.0 Å². The van der Waals surface area contributed by atoms with Crippen LogP contribution in [0.5, 0.6) is 0 Å². The molecule has 0 N–H and O–H groups in total. The second-order valence-electron chi connectivity index (χ2n) is 4.63. The van der Waals surface area contributed by atoms with E-state index in [2.05, 4.69) is 15.0 Å². The van der Waals surface area contributed by atoms with Crippen LogP contribution in [0, 0.1) is 6.92 Å². The molecule has 1 aromatic carbocycles. The molecule has 0 atom stereocenters. The first kappa shape index (κ1) is 16.5. The number of carbonyl (C=O) groups excluding carboxylic acids is 1. The van der Waals surface area contributed by atoms with Crippen LogP contribution < -0.4 is 0 Å². The van der Waals surface area contributed by atoms with Gasteiger partial charge in [-0.3, -0.25) is 15.0 Å². The van der Waals surface area contributed by atoms with Crippen LogP contribution >= 0.6 is 0 Å². The van der Waals surface area contributed by atoms with Crippen LogP contribution in [-0.2, 0) is 4.74 Å². The van der Waals surface area contributed by atoms with Crippen molar-refractivity contribution in [2.24, 2.45) is 0 Å². The third kappa shape index (κ3) is 3.34. The Hall–Kier alpha value is -2.82. The SMILES string of the molecule is CC.COC(=O)c1cc(-c2cnccc2C)c2nccnc2c1. The quantitative estimate of drug-likeness (QED) is 0.673. The van der Waals surface area contributed by atoms with Crippen molar-refractivity contribution in [2.45, 2.75) is 20.8 Å². The predicted molar refractivity (Wildman–Crippen MR) is 90.2 cm³/mol. The fraction of sp³-hybridized carbons (Fsp3) is 0.222. The maximum absolute atomic E-state index is 11.8. The van der Waals surface area contributed by atoms with Gasteiger partial charge in [0.05, 0.1) is 23.7 Å². The number of aromatic nitrogens is 3. The van der Waals surface area contributed by atoms with Gasteiger partial charge in [0, 0.05) is 35.9 Å². The molecule has 118 valence electrons. The number of fused-ring (bicyclic) bond motifs is 1. The van der Waals surface area contributed by atoms with Gasteiger partial charge in [0.1, 0.15) is 0 Å². The van der Waals surface area contributed by atoms with Crippen molar-refractivity contribution in [3.63, 3.8) is 0 Å². The molecule has 0 spiro atoms. The molecule has 2 heterocycles. The highest BCUT2D eigenvalue weighted by Crippen LogP contribution is 2.29. The van der Waals surface area contributed by atoms with Gasteiger partial charge >= 0.3 is 5.97 Å². The minimum absolute atomic E-state index is 0.398. The highest BCUT2D eigenvalue weighted by Gasteiger charge is 2.14. The molecule has 3 aromatic rings. The molecule has 0 amide bonds. The molecule has 2 aromatic heterocycles. The van der Waals surface area contributed by atoms with Gasteiger partial charge in [-0.15, -0.1) is 0 Å². The smallest absolute Gasteiger partial charge is 0.337 e. The summed E-state index contributed by atoms with van der Waals surface area (Å²) in [6, 6.07) is 5.37. The van der Waals surface area contributed by atoms with Gasteiger partial charge in [-0.25, -0.2) is 4.79 Å². The first-order valence-corrected chi connectivity index (χ1v) is 7.45.